The van der Waals surface area contributed by atoms with E-state index in [-0.39, 0.29) is 5.82 Å². The van der Waals surface area contributed by atoms with Crippen LogP contribution >= 0.6 is 11.3 Å². The summed E-state index contributed by atoms with van der Waals surface area (Å²) < 4.78 is 24.5. The van der Waals surface area contributed by atoms with E-state index in [9.17, 15) is 9.18 Å². The highest BCUT2D eigenvalue weighted by Crippen LogP contribution is 2.36. The standard InChI is InChI=1S/C17H15FN2O3S/c1-22-12-6-3-9(7-13(12)23-2)15(16(19)21)17-20-11-5-4-10(18)8-14(11)24-17/h3-8,15H,1-2H3,(H2,19,21). The van der Waals surface area contributed by atoms with Gasteiger partial charge in [0.1, 0.15) is 16.7 Å². The molecule has 0 aliphatic rings. The summed E-state index contributed by atoms with van der Waals surface area (Å²) in [7, 11) is 3.05. The maximum atomic E-state index is 13.4. The van der Waals surface area contributed by atoms with Gasteiger partial charge in [-0.3, -0.25) is 4.79 Å². The lowest BCUT2D eigenvalue weighted by atomic mass is 9.98. The van der Waals surface area contributed by atoms with Gasteiger partial charge in [0.25, 0.3) is 0 Å². The van der Waals surface area contributed by atoms with Crippen LogP contribution in [-0.4, -0.2) is 25.1 Å². The lowest BCUT2D eigenvalue weighted by Crippen LogP contribution is -2.22. The van der Waals surface area contributed by atoms with E-state index < -0.39 is 11.8 Å². The van der Waals surface area contributed by atoms with Crippen LogP contribution in [0.1, 0.15) is 16.5 Å². The van der Waals surface area contributed by atoms with Gasteiger partial charge in [0, 0.05) is 0 Å². The Kier molecular flexibility index (Phi) is 4.35. The Balaban J connectivity index is 2.10. The van der Waals surface area contributed by atoms with E-state index in [2.05, 4.69) is 4.98 Å². The summed E-state index contributed by atoms with van der Waals surface area (Å²) in [5, 5.41) is 0.510. The van der Waals surface area contributed by atoms with E-state index in [1.807, 2.05) is 0 Å². The van der Waals surface area contributed by atoms with Crippen molar-refractivity contribution in [3.63, 3.8) is 0 Å². The van der Waals surface area contributed by atoms with Crippen LogP contribution in [0.15, 0.2) is 36.4 Å². The van der Waals surface area contributed by atoms with Gasteiger partial charge in [-0.25, -0.2) is 9.37 Å². The molecule has 1 atom stereocenters. The number of ether oxygens (including phenoxy) is 2. The van der Waals surface area contributed by atoms with Crippen molar-refractivity contribution in [3.8, 4) is 11.5 Å². The van der Waals surface area contributed by atoms with Crippen LogP contribution in [0.25, 0.3) is 10.2 Å². The SMILES string of the molecule is COc1ccc(C(C(N)=O)c2nc3ccc(F)cc3s2)cc1OC. The predicted molar refractivity (Wildman–Crippen MR) is 90.2 cm³/mol. The van der Waals surface area contributed by atoms with Crippen molar-refractivity contribution in [2.24, 2.45) is 5.73 Å². The summed E-state index contributed by atoms with van der Waals surface area (Å²) in [6.07, 6.45) is 0. The first-order valence-electron chi connectivity index (χ1n) is 7.10. The summed E-state index contributed by atoms with van der Waals surface area (Å²) in [5.41, 5.74) is 6.86. The molecule has 5 nitrogen and oxygen atoms in total. The highest BCUT2D eigenvalue weighted by atomic mass is 32.1. The molecule has 1 heterocycles. The highest BCUT2D eigenvalue weighted by molar-refractivity contribution is 7.18. The van der Waals surface area contributed by atoms with Gasteiger partial charge in [-0.2, -0.15) is 0 Å². The van der Waals surface area contributed by atoms with E-state index in [0.29, 0.717) is 32.3 Å². The van der Waals surface area contributed by atoms with E-state index in [1.165, 1.54) is 37.7 Å². The Hall–Kier alpha value is -2.67. The molecular formula is C17H15FN2O3S. The molecule has 1 unspecified atom stereocenters. The molecule has 2 aromatic carbocycles. The fourth-order valence-electron chi connectivity index (χ4n) is 2.50. The molecule has 7 heteroatoms. The quantitative estimate of drug-likeness (QED) is 0.770. The summed E-state index contributed by atoms with van der Waals surface area (Å²) in [6.45, 7) is 0. The van der Waals surface area contributed by atoms with E-state index in [1.54, 1.807) is 24.3 Å². The molecule has 0 saturated carbocycles. The largest absolute Gasteiger partial charge is 0.493 e. The number of carbonyl (C=O) groups excluding carboxylic acids is 1. The molecule has 1 aromatic heterocycles. The smallest absolute Gasteiger partial charge is 0.231 e. The number of rotatable bonds is 5. The number of benzene rings is 2. The Morgan fingerprint density at radius 2 is 1.92 bits per heavy atom. The molecule has 3 aromatic rings. The lowest BCUT2D eigenvalue weighted by molar-refractivity contribution is -0.118. The lowest BCUT2D eigenvalue weighted by Gasteiger charge is -2.14. The molecule has 0 aliphatic heterocycles. The second-order valence-corrected chi connectivity index (χ2v) is 6.18. The van der Waals surface area contributed by atoms with Gasteiger partial charge in [0.2, 0.25) is 5.91 Å². The van der Waals surface area contributed by atoms with Crippen LogP contribution in [-0.2, 0) is 4.79 Å². The van der Waals surface area contributed by atoms with E-state index in [0.717, 1.165) is 0 Å². The molecule has 1 amide bonds. The average Bonchev–Trinajstić information content (AvgIpc) is 2.96. The Morgan fingerprint density at radius 1 is 1.17 bits per heavy atom. The van der Waals surface area contributed by atoms with Gasteiger partial charge in [0.15, 0.2) is 11.5 Å². The number of primary amides is 1. The van der Waals surface area contributed by atoms with Gasteiger partial charge in [-0.1, -0.05) is 6.07 Å². The molecule has 0 saturated heterocycles. The van der Waals surface area contributed by atoms with Crippen molar-refractivity contribution in [1.29, 1.82) is 0 Å². The number of fused-ring (bicyclic) bond motifs is 1. The average molecular weight is 346 g/mol. The minimum Gasteiger partial charge on any atom is -0.493 e. The molecule has 2 N–H and O–H groups in total. The number of hydrogen-bond acceptors (Lipinski definition) is 5. The highest BCUT2D eigenvalue weighted by Gasteiger charge is 2.25. The number of hydrogen-bond donors (Lipinski definition) is 1. The van der Waals surface area contributed by atoms with Crippen LogP contribution in [0.5, 0.6) is 11.5 Å². The zero-order valence-corrected chi connectivity index (χ0v) is 13.9. The minimum atomic E-state index is -0.745. The number of nitrogens with zero attached hydrogens (tertiary/aromatic N) is 1. The maximum absolute atomic E-state index is 13.4. The van der Waals surface area contributed by atoms with Crippen molar-refractivity contribution in [1.82, 2.24) is 4.98 Å². The second kappa shape index (κ2) is 6.45. The van der Waals surface area contributed by atoms with Crippen molar-refractivity contribution >= 4 is 27.5 Å². The van der Waals surface area contributed by atoms with Crippen molar-refractivity contribution in [2.45, 2.75) is 5.92 Å². The van der Waals surface area contributed by atoms with Gasteiger partial charge >= 0.3 is 0 Å². The third kappa shape index (κ3) is 2.90. The monoisotopic (exact) mass is 346 g/mol. The molecule has 24 heavy (non-hydrogen) atoms. The van der Waals surface area contributed by atoms with Crippen molar-refractivity contribution in [2.75, 3.05) is 14.2 Å². The first-order chi connectivity index (χ1) is 11.5. The number of halogens is 1. The molecule has 0 fully saturated rings. The number of nitrogens with two attached hydrogens (primary N) is 1. The fraction of sp³-hybridized carbons (Fsp3) is 0.176. The van der Waals surface area contributed by atoms with Gasteiger partial charge in [-0.15, -0.1) is 11.3 Å². The molecule has 3 rings (SSSR count). The van der Waals surface area contributed by atoms with Gasteiger partial charge < -0.3 is 15.2 Å². The normalized spacial score (nSPS) is 12.1. The van der Waals surface area contributed by atoms with Crippen molar-refractivity contribution in [3.05, 3.63) is 52.8 Å². The molecule has 0 spiro atoms. The Bertz CT molecular complexity index is 910. The Morgan fingerprint density at radius 3 is 2.58 bits per heavy atom. The summed E-state index contributed by atoms with van der Waals surface area (Å²) in [4.78, 5) is 16.5. The number of thiazole rings is 1. The first-order valence-corrected chi connectivity index (χ1v) is 7.92. The fourth-order valence-corrected chi connectivity index (χ4v) is 3.63. The second-order valence-electron chi connectivity index (χ2n) is 5.11. The minimum absolute atomic E-state index is 0.348. The van der Waals surface area contributed by atoms with Crippen LogP contribution < -0.4 is 15.2 Å². The number of carbonyl (C=O) groups is 1. The molecular weight excluding hydrogens is 331 g/mol. The summed E-state index contributed by atoms with van der Waals surface area (Å²) in [5.74, 6) is -0.587. The van der Waals surface area contributed by atoms with Crippen LogP contribution in [0.2, 0.25) is 0 Å². The van der Waals surface area contributed by atoms with Gasteiger partial charge in [-0.05, 0) is 35.9 Å². The third-order valence-corrected chi connectivity index (χ3v) is 4.72. The summed E-state index contributed by atoms with van der Waals surface area (Å²) >= 11 is 1.24. The van der Waals surface area contributed by atoms with Crippen LogP contribution in [0.3, 0.4) is 0 Å². The van der Waals surface area contributed by atoms with Crippen molar-refractivity contribution < 1.29 is 18.7 Å². The molecule has 0 bridgehead atoms. The number of methoxy groups -OCH3 is 2. The third-order valence-electron chi connectivity index (χ3n) is 3.64. The van der Waals surface area contributed by atoms with Gasteiger partial charge in [0.05, 0.1) is 24.4 Å². The number of aromatic nitrogens is 1. The zero-order chi connectivity index (χ0) is 17.3. The topological polar surface area (TPSA) is 74.4 Å². The predicted octanol–water partition coefficient (Wildman–Crippen LogP) is 3.07. The maximum Gasteiger partial charge on any atom is 0.231 e. The molecule has 124 valence electrons. The summed E-state index contributed by atoms with van der Waals surface area (Å²) in [6, 6.07) is 9.45. The van der Waals surface area contributed by atoms with Crippen LogP contribution in [0.4, 0.5) is 4.39 Å². The molecule has 0 aliphatic carbocycles. The number of amides is 1. The van der Waals surface area contributed by atoms with E-state index >= 15 is 0 Å². The van der Waals surface area contributed by atoms with Crippen LogP contribution in [0, 0.1) is 5.82 Å². The van der Waals surface area contributed by atoms with E-state index in [4.69, 9.17) is 15.2 Å². The zero-order valence-electron chi connectivity index (χ0n) is 13.1. The Labute approximate surface area is 141 Å². The first kappa shape index (κ1) is 16.2. The molecule has 0 radical (unpaired) electrons.